The van der Waals surface area contributed by atoms with Crippen molar-refractivity contribution in [2.75, 3.05) is 12.4 Å². The van der Waals surface area contributed by atoms with Crippen LogP contribution in [-0.4, -0.2) is 18.2 Å². The van der Waals surface area contributed by atoms with Gasteiger partial charge in [-0.05, 0) is 63.8 Å². The first-order valence-corrected chi connectivity index (χ1v) is 9.88. The quantitative estimate of drug-likeness (QED) is 0.458. The van der Waals surface area contributed by atoms with E-state index in [1.807, 2.05) is 49.4 Å². The maximum Gasteiger partial charge on any atom is 0.335 e. The number of anilines is 1. The Morgan fingerprint density at radius 2 is 1.83 bits per heavy atom. The van der Waals surface area contributed by atoms with Gasteiger partial charge in [0.25, 0.3) is 0 Å². The SMILES string of the molecule is COc1cc(CNc2cc(C(=O)O)ccc2C)cc(Br)c1OCc1ccccc1. The molecule has 150 valence electrons. The minimum atomic E-state index is -0.947. The van der Waals surface area contributed by atoms with Gasteiger partial charge in [-0.15, -0.1) is 0 Å². The number of benzene rings is 3. The second-order valence-electron chi connectivity index (χ2n) is 6.57. The second-order valence-corrected chi connectivity index (χ2v) is 7.43. The Bertz CT molecular complexity index is 1010. The molecule has 29 heavy (non-hydrogen) atoms. The number of aryl methyl sites for hydroxylation is 1. The topological polar surface area (TPSA) is 67.8 Å². The summed E-state index contributed by atoms with van der Waals surface area (Å²) >= 11 is 3.57. The minimum absolute atomic E-state index is 0.251. The molecule has 0 atom stereocenters. The summed E-state index contributed by atoms with van der Waals surface area (Å²) in [4.78, 5) is 11.2. The Labute approximate surface area is 178 Å². The largest absolute Gasteiger partial charge is 0.493 e. The molecule has 0 aliphatic carbocycles. The van der Waals surface area contributed by atoms with Crippen molar-refractivity contribution in [3.63, 3.8) is 0 Å². The molecule has 0 aliphatic heterocycles. The monoisotopic (exact) mass is 455 g/mol. The number of aromatic carboxylic acids is 1. The molecular formula is C23H22BrNO4. The number of halogens is 1. The summed E-state index contributed by atoms with van der Waals surface area (Å²) < 4.78 is 12.3. The highest BCUT2D eigenvalue weighted by Gasteiger charge is 2.13. The molecule has 3 aromatic carbocycles. The van der Waals surface area contributed by atoms with Gasteiger partial charge in [0, 0.05) is 12.2 Å². The van der Waals surface area contributed by atoms with Gasteiger partial charge in [-0.1, -0.05) is 36.4 Å². The van der Waals surface area contributed by atoms with Crippen molar-refractivity contribution >= 4 is 27.6 Å². The number of carboxylic acid groups (broad SMARTS) is 1. The van der Waals surface area contributed by atoms with E-state index in [1.54, 1.807) is 25.3 Å². The van der Waals surface area contributed by atoms with Crippen molar-refractivity contribution in [3.05, 3.63) is 87.4 Å². The Balaban J connectivity index is 1.75. The molecule has 0 saturated carbocycles. The number of carbonyl (C=O) groups is 1. The molecule has 5 nitrogen and oxygen atoms in total. The van der Waals surface area contributed by atoms with Gasteiger partial charge in [0.15, 0.2) is 11.5 Å². The third kappa shape index (κ3) is 5.29. The van der Waals surface area contributed by atoms with E-state index in [0.717, 1.165) is 26.9 Å². The fraction of sp³-hybridized carbons (Fsp3) is 0.174. The average Bonchev–Trinajstić information content (AvgIpc) is 2.72. The van der Waals surface area contributed by atoms with Gasteiger partial charge >= 0.3 is 5.97 Å². The summed E-state index contributed by atoms with van der Waals surface area (Å²) in [6, 6.07) is 18.8. The van der Waals surface area contributed by atoms with Gasteiger partial charge in [0.05, 0.1) is 17.1 Å². The first kappa shape index (κ1) is 20.7. The lowest BCUT2D eigenvalue weighted by Gasteiger charge is -2.16. The molecular weight excluding hydrogens is 434 g/mol. The molecule has 6 heteroatoms. The van der Waals surface area contributed by atoms with E-state index in [9.17, 15) is 9.90 Å². The van der Waals surface area contributed by atoms with Crippen LogP contribution in [-0.2, 0) is 13.2 Å². The lowest BCUT2D eigenvalue weighted by Crippen LogP contribution is -2.05. The Morgan fingerprint density at radius 1 is 1.07 bits per heavy atom. The fourth-order valence-corrected chi connectivity index (χ4v) is 3.49. The summed E-state index contributed by atoms with van der Waals surface area (Å²) in [6.45, 7) is 2.89. The molecule has 0 unspecified atom stereocenters. The van der Waals surface area contributed by atoms with Crippen molar-refractivity contribution < 1.29 is 19.4 Å². The first-order valence-electron chi connectivity index (χ1n) is 9.09. The maximum atomic E-state index is 11.2. The number of hydrogen-bond acceptors (Lipinski definition) is 4. The van der Waals surface area contributed by atoms with Gasteiger partial charge in [0.2, 0.25) is 0 Å². The van der Waals surface area contributed by atoms with Crippen LogP contribution >= 0.6 is 15.9 Å². The number of hydrogen-bond donors (Lipinski definition) is 2. The predicted octanol–water partition coefficient (Wildman–Crippen LogP) is 5.66. The fourth-order valence-electron chi connectivity index (χ4n) is 2.89. The van der Waals surface area contributed by atoms with Crippen molar-refractivity contribution in [2.45, 2.75) is 20.1 Å². The Kier molecular flexibility index (Phi) is 6.77. The number of nitrogens with one attached hydrogen (secondary N) is 1. The number of carboxylic acids is 1. The van der Waals surface area contributed by atoms with Crippen LogP contribution in [0.2, 0.25) is 0 Å². The smallest absolute Gasteiger partial charge is 0.335 e. The summed E-state index contributed by atoms with van der Waals surface area (Å²) in [5.74, 6) is 0.324. The lowest BCUT2D eigenvalue weighted by molar-refractivity contribution is 0.0697. The summed E-state index contributed by atoms with van der Waals surface area (Å²) in [7, 11) is 1.61. The molecule has 0 fully saturated rings. The zero-order chi connectivity index (χ0) is 20.8. The van der Waals surface area contributed by atoms with Crippen LogP contribution in [0.4, 0.5) is 5.69 Å². The molecule has 0 aliphatic rings. The van der Waals surface area contributed by atoms with E-state index in [-0.39, 0.29) is 5.56 Å². The number of ether oxygens (including phenoxy) is 2. The van der Waals surface area contributed by atoms with E-state index in [0.29, 0.717) is 24.7 Å². The average molecular weight is 456 g/mol. The van der Waals surface area contributed by atoms with Crippen LogP contribution in [0.5, 0.6) is 11.5 Å². The highest BCUT2D eigenvalue weighted by molar-refractivity contribution is 9.10. The van der Waals surface area contributed by atoms with Crippen LogP contribution in [0.15, 0.2) is 65.1 Å². The highest BCUT2D eigenvalue weighted by atomic mass is 79.9. The maximum absolute atomic E-state index is 11.2. The van der Waals surface area contributed by atoms with E-state index >= 15 is 0 Å². The molecule has 0 aromatic heterocycles. The minimum Gasteiger partial charge on any atom is -0.493 e. The number of rotatable bonds is 8. The Hall–Kier alpha value is -2.99. The van der Waals surface area contributed by atoms with Gasteiger partial charge in [0.1, 0.15) is 6.61 Å². The third-order valence-corrected chi connectivity index (χ3v) is 5.07. The molecule has 0 spiro atoms. The van der Waals surface area contributed by atoms with Crippen LogP contribution in [0.25, 0.3) is 0 Å². The van der Waals surface area contributed by atoms with Gasteiger partial charge in [-0.3, -0.25) is 0 Å². The summed E-state index contributed by atoms with van der Waals surface area (Å²) in [6.07, 6.45) is 0. The molecule has 0 bridgehead atoms. The second kappa shape index (κ2) is 9.47. The van der Waals surface area contributed by atoms with Gasteiger partial charge < -0.3 is 19.9 Å². The van der Waals surface area contributed by atoms with Crippen LogP contribution < -0.4 is 14.8 Å². The molecule has 0 saturated heterocycles. The highest BCUT2D eigenvalue weighted by Crippen LogP contribution is 2.37. The first-order chi connectivity index (χ1) is 14.0. The molecule has 0 amide bonds. The molecule has 0 heterocycles. The molecule has 3 rings (SSSR count). The van der Waals surface area contributed by atoms with Gasteiger partial charge in [-0.2, -0.15) is 0 Å². The molecule has 0 radical (unpaired) electrons. The van der Waals surface area contributed by atoms with E-state index in [1.165, 1.54) is 0 Å². The van der Waals surface area contributed by atoms with Crippen molar-refractivity contribution in [3.8, 4) is 11.5 Å². The van der Waals surface area contributed by atoms with Crippen molar-refractivity contribution in [2.24, 2.45) is 0 Å². The molecule has 2 N–H and O–H groups in total. The standard InChI is InChI=1S/C23H22BrNO4/c1-15-8-9-18(23(26)27)12-20(15)25-13-17-10-19(24)22(21(11-17)28-2)29-14-16-6-4-3-5-7-16/h3-12,25H,13-14H2,1-2H3,(H,26,27). The van der Waals surface area contributed by atoms with Crippen molar-refractivity contribution in [1.29, 1.82) is 0 Å². The van der Waals surface area contributed by atoms with E-state index in [4.69, 9.17) is 9.47 Å². The van der Waals surface area contributed by atoms with E-state index in [2.05, 4.69) is 21.2 Å². The van der Waals surface area contributed by atoms with Crippen molar-refractivity contribution in [1.82, 2.24) is 0 Å². The molecule has 3 aromatic rings. The predicted molar refractivity (Wildman–Crippen MR) is 117 cm³/mol. The van der Waals surface area contributed by atoms with Gasteiger partial charge in [-0.25, -0.2) is 4.79 Å². The van der Waals surface area contributed by atoms with Crippen LogP contribution in [0.3, 0.4) is 0 Å². The van der Waals surface area contributed by atoms with Crippen LogP contribution in [0.1, 0.15) is 27.0 Å². The van der Waals surface area contributed by atoms with E-state index < -0.39 is 5.97 Å². The lowest BCUT2D eigenvalue weighted by atomic mass is 10.1. The summed E-state index contributed by atoms with van der Waals surface area (Å²) in [5, 5.41) is 12.5. The zero-order valence-electron chi connectivity index (χ0n) is 16.2. The Morgan fingerprint density at radius 3 is 2.52 bits per heavy atom. The normalized spacial score (nSPS) is 10.4. The zero-order valence-corrected chi connectivity index (χ0v) is 17.8. The summed E-state index contributed by atoms with van der Waals surface area (Å²) in [5.41, 5.74) is 4.05. The van der Waals surface area contributed by atoms with Crippen LogP contribution in [0, 0.1) is 6.92 Å². The number of methoxy groups -OCH3 is 1. The third-order valence-electron chi connectivity index (χ3n) is 4.48.